The summed E-state index contributed by atoms with van der Waals surface area (Å²) < 4.78 is 5.31. The molecule has 0 bridgehead atoms. The molecule has 1 N–H and O–H groups in total. The minimum absolute atomic E-state index is 0.181. The Kier molecular flexibility index (Phi) is 5.26. The number of anilines is 1. The Balaban J connectivity index is 1.67. The maximum absolute atomic E-state index is 13.5. The van der Waals surface area contributed by atoms with E-state index in [1.54, 1.807) is 7.11 Å². The molecule has 0 amide bonds. The maximum atomic E-state index is 13.5. The first-order valence-electron chi connectivity index (χ1n) is 11.2. The van der Waals surface area contributed by atoms with E-state index in [9.17, 15) is 4.79 Å². The summed E-state index contributed by atoms with van der Waals surface area (Å²) in [4.78, 5) is 13.5. The van der Waals surface area contributed by atoms with Gasteiger partial charge in [0.1, 0.15) is 5.75 Å². The van der Waals surface area contributed by atoms with Crippen LogP contribution in [0.1, 0.15) is 31.0 Å². The molecule has 0 aliphatic heterocycles. The Labute approximate surface area is 194 Å². The number of carbonyl (C=O) groups excluding carboxylic acids is 1. The van der Waals surface area contributed by atoms with E-state index in [-0.39, 0.29) is 11.8 Å². The summed E-state index contributed by atoms with van der Waals surface area (Å²) >= 11 is 0. The van der Waals surface area contributed by atoms with Gasteiger partial charge in [-0.25, -0.2) is 0 Å². The van der Waals surface area contributed by atoms with Gasteiger partial charge in [-0.3, -0.25) is 4.79 Å². The number of carbonyl (C=O) groups is 1. The van der Waals surface area contributed by atoms with E-state index in [1.165, 1.54) is 5.39 Å². The smallest absolute Gasteiger partial charge is 0.171 e. The van der Waals surface area contributed by atoms with Crippen LogP contribution in [0.2, 0.25) is 0 Å². The zero-order valence-corrected chi connectivity index (χ0v) is 19.1. The molecule has 164 valence electrons. The Morgan fingerprint density at radius 2 is 1.45 bits per heavy atom. The molecule has 1 atom stereocenters. The van der Waals surface area contributed by atoms with E-state index in [0.717, 1.165) is 39.1 Å². The topological polar surface area (TPSA) is 38.3 Å². The van der Waals surface area contributed by atoms with Gasteiger partial charge in [-0.15, -0.1) is 0 Å². The van der Waals surface area contributed by atoms with Gasteiger partial charge in [0.25, 0.3) is 0 Å². The van der Waals surface area contributed by atoms with Crippen LogP contribution in [0.25, 0.3) is 16.3 Å². The highest BCUT2D eigenvalue weighted by Gasteiger charge is 2.49. The highest BCUT2D eigenvalue weighted by molar-refractivity contribution is 6.22. The fraction of sp³-hybridized carbons (Fsp3) is 0.167. The SMILES string of the molecule is COc1ccc(NC(C2=C(c3ccccc3)C(C)(C)C2=O)c2ccc3ccccc3c2)cc1. The molecule has 1 aliphatic carbocycles. The van der Waals surface area contributed by atoms with E-state index in [0.29, 0.717) is 0 Å². The van der Waals surface area contributed by atoms with Crippen molar-refractivity contribution in [2.45, 2.75) is 19.9 Å². The van der Waals surface area contributed by atoms with Gasteiger partial charge in [-0.2, -0.15) is 0 Å². The fourth-order valence-corrected chi connectivity index (χ4v) is 4.80. The van der Waals surface area contributed by atoms with Crippen LogP contribution in [-0.4, -0.2) is 12.9 Å². The number of fused-ring (bicyclic) bond motifs is 1. The van der Waals surface area contributed by atoms with Crippen LogP contribution in [0.4, 0.5) is 5.69 Å². The van der Waals surface area contributed by atoms with E-state index >= 15 is 0 Å². The summed E-state index contributed by atoms with van der Waals surface area (Å²) in [5.74, 6) is 0.980. The first-order chi connectivity index (χ1) is 16.0. The van der Waals surface area contributed by atoms with Gasteiger partial charge in [-0.05, 0) is 71.7 Å². The molecule has 0 fully saturated rings. The third-order valence-electron chi connectivity index (χ3n) is 6.57. The fourth-order valence-electron chi connectivity index (χ4n) is 4.80. The third-order valence-corrected chi connectivity index (χ3v) is 6.57. The van der Waals surface area contributed by atoms with Crippen LogP contribution in [-0.2, 0) is 4.79 Å². The zero-order chi connectivity index (χ0) is 23.0. The number of ether oxygens (including phenoxy) is 1. The predicted molar refractivity (Wildman–Crippen MR) is 135 cm³/mol. The normalized spacial score (nSPS) is 15.8. The number of methoxy groups -OCH3 is 1. The molecule has 1 aliphatic rings. The molecule has 0 saturated carbocycles. The molecule has 0 saturated heterocycles. The average Bonchev–Trinajstić information content (AvgIpc) is 2.86. The van der Waals surface area contributed by atoms with Crippen LogP contribution in [0.5, 0.6) is 5.75 Å². The lowest BCUT2D eigenvalue weighted by atomic mass is 9.60. The number of Topliss-reactive ketones (excluding diaryl/α,β-unsaturated/α-hetero) is 1. The minimum atomic E-state index is -0.520. The lowest BCUT2D eigenvalue weighted by Gasteiger charge is -2.43. The standard InChI is InChI=1S/C30H27NO2/c1-30(2)27(21-10-5-4-6-11-21)26(29(30)32)28(31-24-15-17-25(33-3)18-16-24)23-14-13-20-9-7-8-12-22(20)19-23/h4-19,28,31H,1-3H3. The van der Waals surface area contributed by atoms with Crippen molar-refractivity contribution in [2.24, 2.45) is 5.41 Å². The molecule has 0 spiro atoms. The van der Waals surface area contributed by atoms with Crippen LogP contribution in [0, 0.1) is 5.41 Å². The highest BCUT2D eigenvalue weighted by atomic mass is 16.5. The molecular formula is C30H27NO2. The lowest BCUT2D eigenvalue weighted by Crippen LogP contribution is -2.42. The second-order valence-corrected chi connectivity index (χ2v) is 9.02. The summed E-state index contributed by atoms with van der Waals surface area (Å²) in [5.41, 5.74) is 4.51. The maximum Gasteiger partial charge on any atom is 0.171 e. The number of allylic oxidation sites excluding steroid dienone is 1. The molecule has 1 unspecified atom stereocenters. The highest BCUT2D eigenvalue weighted by Crippen LogP contribution is 2.53. The quantitative estimate of drug-likeness (QED) is 0.354. The summed E-state index contributed by atoms with van der Waals surface area (Å²) in [7, 11) is 1.66. The van der Waals surface area contributed by atoms with Crippen molar-refractivity contribution >= 4 is 27.8 Å². The predicted octanol–water partition coefficient (Wildman–Crippen LogP) is 7.06. The molecule has 4 aromatic carbocycles. The third kappa shape index (κ3) is 3.70. The summed E-state index contributed by atoms with van der Waals surface area (Å²) in [6.45, 7) is 4.04. The Morgan fingerprint density at radius 1 is 0.788 bits per heavy atom. The van der Waals surface area contributed by atoms with Crippen LogP contribution >= 0.6 is 0 Å². The minimum Gasteiger partial charge on any atom is -0.497 e. The summed E-state index contributed by atoms with van der Waals surface area (Å²) in [5, 5.41) is 5.99. The molecule has 4 aromatic rings. The van der Waals surface area contributed by atoms with Crippen molar-refractivity contribution in [3.8, 4) is 5.75 Å². The van der Waals surface area contributed by atoms with Gasteiger partial charge in [0.2, 0.25) is 0 Å². The summed E-state index contributed by atoms with van der Waals surface area (Å²) in [6.07, 6.45) is 0. The summed E-state index contributed by atoms with van der Waals surface area (Å²) in [6, 6.07) is 32.6. The Morgan fingerprint density at radius 3 is 2.15 bits per heavy atom. The second-order valence-electron chi connectivity index (χ2n) is 9.02. The molecule has 0 radical (unpaired) electrons. The van der Waals surface area contributed by atoms with Crippen LogP contribution < -0.4 is 10.1 Å². The number of ketones is 1. The molecule has 0 heterocycles. The van der Waals surface area contributed by atoms with Gasteiger partial charge in [0.05, 0.1) is 18.6 Å². The first kappa shape index (κ1) is 21.0. The van der Waals surface area contributed by atoms with Gasteiger partial charge < -0.3 is 10.1 Å². The second kappa shape index (κ2) is 8.25. The van der Waals surface area contributed by atoms with Gasteiger partial charge in [0.15, 0.2) is 5.78 Å². The lowest BCUT2D eigenvalue weighted by molar-refractivity contribution is -0.123. The molecular weight excluding hydrogens is 406 g/mol. The molecule has 5 rings (SSSR count). The Bertz CT molecular complexity index is 1350. The van der Waals surface area contributed by atoms with Crippen molar-refractivity contribution in [2.75, 3.05) is 12.4 Å². The van der Waals surface area contributed by atoms with Gasteiger partial charge in [0, 0.05) is 11.3 Å². The van der Waals surface area contributed by atoms with Crippen molar-refractivity contribution in [3.63, 3.8) is 0 Å². The zero-order valence-electron chi connectivity index (χ0n) is 19.1. The van der Waals surface area contributed by atoms with Gasteiger partial charge >= 0.3 is 0 Å². The molecule has 3 heteroatoms. The number of hydrogen-bond acceptors (Lipinski definition) is 3. The largest absolute Gasteiger partial charge is 0.497 e. The van der Waals surface area contributed by atoms with Crippen LogP contribution in [0.15, 0.2) is 103 Å². The van der Waals surface area contributed by atoms with E-state index in [2.05, 4.69) is 47.8 Å². The molecule has 0 aromatic heterocycles. The van der Waals surface area contributed by atoms with Crippen molar-refractivity contribution < 1.29 is 9.53 Å². The van der Waals surface area contributed by atoms with E-state index in [1.807, 2.05) is 68.4 Å². The number of hydrogen-bond donors (Lipinski definition) is 1. The van der Waals surface area contributed by atoms with Crippen LogP contribution in [0.3, 0.4) is 0 Å². The number of rotatable bonds is 6. The Hall–Kier alpha value is -3.85. The van der Waals surface area contributed by atoms with Crippen molar-refractivity contribution in [1.82, 2.24) is 0 Å². The van der Waals surface area contributed by atoms with Crippen molar-refractivity contribution in [3.05, 3.63) is 114 Å². The number of benzene rings is 4. The molecule has 3 nitrogen and oxygen atoms in total. The van der Waals surface area contributed by atoms with Gasteiger partial charge in [-0.1, -0.05) is 66.7 Å². The van der Waals surface area contributed by atoms with E-state index < -0.39 is 5.41 Å². The monoisotopic (exact) mass is 433 g/mol. The van der Waals surface area contributed by atoms with Crippen molar-refractivity contribution in [1.29, 1.82) is 0 Å². The number of nitrogens with one attached hydrogen (secondary N) is 1. The first-order valence-corrected chi connectivity index (χ1v) is 11.2. The van der Waals surface area contributed by atoms with E-state index in [4.69, 9.17) is 4.74 Å². The average molecular weight is 434 g/mol. The molecule has 33 heavy (non-hydrogen) atoms.